The summed E-state index contributed by atoms with van der Waals surface area (Å²) in [7, 11) is 0. The van der Waals surface area contributed by atoms with Gasteiger partial charge in [-0.2, -0.15) is 4.40 Å². The van der Waals surface area contributed by atoms with Crippen molar-refractivity contribution in [3.63, 3.8) is 0 Å². The standard InChI is InChI=1S/C14H14N3O2S.BrH/c1-10-7-15-11(2)9-20-14(15)16(10)8-12-5-3-4-6-13(12)17(18)19;/h3-7,9H,8H2,1-2H3;1H/q+1;/p-1. The second-order valence-electron chi connectivity index (χ2n) is 4.77. The van der Waals surface area contributed by atoms with Crippen molar-refractivity contribution >= 4 is 22.0 Å². The van der Waals surface area contributed by atoms with Gasteiger partial charge in [0.25, 0.3) is 5.69 Å². The second-order valence-corrected chi connectivity index (χ2v) is 5.61. The first-order valence-electron chi connectivity index (χ1n) is 6.26. The zero-order chi connectivity index (χ0) is 14.3. The third-order valence-corrected chi connectivity index (χ3v) is 4.50. The highest BCUT2D eigenvalue weighted by atomic mass is 79.9. The fraction of sp³-hybridized carbons (Fsp3) is 0.214. The van der Waals surface area contributed by atoms with Gasteiger partial charge in [0.2, 0.25) is 0 Å². The quantitative estimate of drug-likeness (QED) is 0.367. The molecule has 0 saturated carbocycles. The lowest BCUT2D eigenvalue weighted by molar-refractivity contribution is -0.666. The maximum absolute atomic E-state index is 11.1. The van der Waals surface area contributed by atoms with Crippen LogP contribution in [0.15, 0.2) is 35.8 Å². The normalized spacial score (nSPS) is 10.6. The Bertz CT molecular complexity index is 810. The number of para-hydroxylation sites is 1. The van der Waals surface area contributed by atoms with Gasteiger partial charge < -0.3 is 17.0 Å². The number of nitro benzene ring substituents is 1. The number of aromatic nitrogens is 2. The molecule has 1 aromatic carbocycles. The average molecular weight is 368 g/mol. The van der Waals surface area contributed by atoms with Crippen LogP contribution in [0.1, 0.15) is 17.0 Å². The summed E-state index contributed by atoms with van der Waals surface area (Å²) in [6.07, 6.45) is 2.07. The maximum Gasteiger partial charge on any atom is 0.346 e. The number of hydrogen-bond acceptors (Lipinski definition) is 3. The van der Waals surface area contributed by atoms with Gasteiger partial charge in [-0.25, -0.2) is 4.57 Å². The number of aryl methyl sites for hydroxylation is 2. The topological polar surface area (TPSA) is 51.4 Å². The minimum absolute atomic E-state index is 0. The zero-order valence-corrected chi connectivity index (χ0v) is 14.0. The molecule has 0 amide bonds. The van der Waals surface area contributed by atoms with Gasteiger partial charge in [-0.05, 0) is 13.0 Å². The number of rotatable bonds is 3. The summed E-state index contributed by atoms with van der Waals surface area (Å²) in [4.78, 5) is 11.9. The summed E-state index contributed by atoms with van der Waals surface area (Å²) in [6.45, 7) is 4.59. The van der Waals surface area contributed by atoms with Crippen molar-refractivity contribution in [2.45, 2.75) is 20.4 Å². The van der Waals surface area contributed by atoms with E-state index in [1.807, 2.05) is 19.1 Å². The highest BCUT2D eigenvalue weighted by molar-refractivity contribution is 7.14. The lowest BCUT2D eigenvalue weighted by Crippen LogP contribution is -3.00. The predicted octanol–water partition coefficient (Wildman–Crippen LogP) is -0.134. The molecule has 0 radical (unpaired) electrons. The van der Waals surface area contributed by atoms with Crippen LogP contribution in [0.25, 0.3) is 4.96 Å². The molecular formula is C14H14BrN3O2S. The number of hydrogen-bond donors (Lipinski definition) is 0. The second kappa shape index (κ2) is 5.95. The smallest absolute Gasteiger partial charge is 0.346 e. The molecule has 2 heterocycles. The van der Waals surface area contributed by atoms with Gasteiger partial charge >= 0.3 is 4.96 Å². The van der Waals surface area contributed by atoms with E-state index in [0.717, 1.165) is 16.2 Å². The van der Waals surface area contributed by atoms with E-state index >= 15 is 0 Å². The highest BCUT2D eigenvalue weighted by Crippen LogP contribution is 2.19. The molecule has 0 N–H and O–H groups in total. The van der Waals surface area contributed by atoms with Gasteiger partial charge in [-0.15, -0.1) is 0 Å². The molecule has 5 nitrogen and oxygen atoms in total. The molecule has 0 unspecified atom stereocenters. The van der Waals surface area contributed by atoms with Crippen LogP contribution in [-0.4, -0.2) is 9.32 Å². The number of imidazole rings is 1. The number of nitrogens with zero attached hydrogens (tertiary/aromatic N) is 3. The fourth-order valence-electron chi connectivity index (χ4n) is 2.35. The Morgan fingerprint density at radius 1 is 1.33 bits per heavy atom. The van der Waals surface area contributed by atoms with Crippen LogP contribution in [-0.2, 0) is 6.54 Å². The zero-order valence-electron chi connectivity index (χ0n) is 11.6. The number of benzene rings is 1. The van der Waals surface area contributed by atoms with E-state index in [0.29, 0.717) is 6.54 Å². The monoisotopic (exact) mass is 367 g/mol. The third-order valence-electron chi connectivity index (χ3n) is 3.41. The van der Waals surface area contributed by atoms with Crippen molar-refractivity contribution in [1.82, 2.24) is 4.40 Å². The molecule has 7 heteroatoms. The van der Waals surface area contributed by atoms with E-state index in [9.17, 15) is 10.1 Å². The molecule has 0 saturated heterocycles. The first kappa shape index (κ1) is 15.7. The highest BCUT2D eigenvalue weighted by Gasteiger charge is 2.21. The van der Waals surface area contributed by atoms with Gasteiger partial charge in [-0.1, -0.05) is 23.5 Å². The van der Waals surface area contributed by atoms with Gasteiger partial charge in [0, 0.05) is 18.4 Å². The Balaban J connectivity index is 0.00000161. The molecule has 0 atom stereocenters. The molecule has 0 aliphatic rings. The molecule has 21 heavy (non-hydrogen) atoms. The average Bonchev–Trinajstić information content (AvgIpc) is 2.92. The van der Waals surface area contributed by atoms with Crippen LogP contribution < -0.4 is 21.5 Å². The van der Waals surface area contributed by atoms with Crippen LogP contribution >= 0.6 is 11.3 Å². The largest absolute Gasteiger partial charge is 1.00 e. The summed E-state index contributed by atoms with van der Waals surface area (Å²) in [5.41, 5.74) is 3.17. The molecule has 0 aliphatic carbocycles. The van der Waals surface area contributed by atoms with Crippen LogP contribution in [0.3, 0.4) is 0 Å². The Hall–Kier alpha value is -1.73. The summed E-state index contributed by atoms with van der Waals surface area (Å²) in [6, 6.07) is 6.90. The number of thiazole rings is 1. The van der Waals surface area contributed by atoms with Crippen molar-refractivity contribution < 1.29 is 26.5 Å². The minimum Gasteiger partial charge on any atom is -1.00 e. The molecule has 0 fully saturated rings. The molecule has 3 aromatic rings. The molecular weight excluding hydrogens is 354 g/mol. The molecule has 3 rings (SSSR count). The minimum atomic E-state index is -0.321. The first-order valence-corrected chi connectivity index (χ1v) is 7.14. The van der Waals surface area contributed by atoms with Crippen LogP contribution in [0.5, 0.6) is 0 Å². The summed E-state index contributed by atoms with van der Waals surface area (Å²) in [5.74, 6) is 0. The lowest BCUT2D eigenvalue weighted by atomic mass is 10.2. The van der Waals surface area contributed by atoms with Crippen LogP contribution in [0.2, 0.25) is 0 Å². The van der Waals surface area contributed by atoms with Gasteiger partial charge in [0.15, 0.2) is 0 Å². The Morgan fingerprint density at radius 2 is 2.05 bits per heavy atom. The van der Waals surface area contributed by atoms with Gasteiger partial charge in [-0.3, -0.25) is 10.1 Å². The van der Waals surface area contributed by atoms with Crippen molar-refractivity contribution in [1.29, 1.82) is 0 Å². The SMILES string of the molecule is Cc1csc2n1cc(C)[n+]2Cc1ccccc1[N+](=O)[O-].[Br-]. The van der Waals surface area contributed by atoms with E-state index in [1.165, 1.54) is 5.69 Å². The molecule has 0 aliphatic heterocycles. The molecule has 2 aromatic heterocycles. The van der Waals surface area contributed by atoms with E-state index in [-0.39, 0.29) is 27.6 Å². The third kappa shape index (κ3) is 2.71. The predicted molar refractivity (Wildman–Crippen MR) is 77.1 cm³/mol. The molecule has 0 bridgehead atoms. The Morgan fingerprint density at radius 3 is 2.76 bits per heavy atom. The van der Waals surface area contributed by atoms with Crippen molar-refractivity contribution in [3.8, 4) is 0 Å². The Labute approximate surface area is 136 Å². The maximum atomic E-state index is 11.1. The first-order chi connectivity index (χ1) is 9.58. The van der Waals surface area contributed by atoms with Crippen molar-refractivity contribution in [2.24, 2.45) is 0 Å². The van der Waals surface area contributed by atoms with E-state index < -0.39 is 0 Å². The lowest BCUT2D eigenvalue weighted by Gasteiger charge is -2.01. The summed E-state index contributed by atoms with van der Waals surface area (Å²) < 4.78 is 4.23. The molecule has 110 valence electrons. The van der Waals surface area contributed by atoms with Crippen LogP contribution in [0, 0.1) is 24.0 Å². The van der Waals surface area contributed by atoms with E-state index in [4.69, 9.17) is 0 Å². The summed E-state index contributed by atoms with van der Waals surface area (Å²) in [5, 5.41) is 13.2. The van der Waals surface area contributed by atoms with E-state index in [2.05, 4.69) is 27.5 Å². The van der Waals surface area contributed by atoms with Gasteiger partial charge in [0.05, 0.1) is 10.5 Å². The Kier molecular flexibility index (Phi) is 4.43. The number of fused-ring (bicyclic) bond motifs is 1. The van der Waals surface area contributed by atoms with Gasteiger partial charge in [0.1, 0.15) is 24.1 Å². The van der Waals surface area contributed by atoms with Crippen molar-refractivity contribution in [3.05, 3.63) is 62.9 Å². The van der Waals surface area contributed by atoms with Crippen molar-refractivity contribution in [2.75, 3.05) is 0 Å². The van der Waals surface area contributed by atoms with Crippen LogP contribution in [0.4, 0.5) is 5.69 Å². The number of nitro groups is 1. The summed E-state index contributed by atoms with van der Waals surface area (Å²) >= 11 is 1.65. The fourth-order valence-corrected chi connectivity index (χ4v) is 3.38. The number of halogens is 1. The van der Waals surface area contributed by atoms with E-state index in [1.54, 1.807) is 23.5 Å². The molecule has 0 spiro atoms.